The first-order chi connectivity index (χ1) is 8.97. The molecule has 0 spiro atoms. The van der Waals surface area contributed by atoms with Crippen molar-refractivity contribution in [3.05, 3.63) is 22.7 Å². The molecule has 19 heavy (non-hydrogen) atoms. The largest absolute Gasteiger partial charge is 0.370 e. The second-order valence-corrected chi connectivity index (χ2v) is 6.36. The van der Waals surface area contributed by atoms with Crippen molar-refractivity contribution in [2.75, 3.05) is 7.11 Å². The molecule has 0 amide bonds. The summed E-state index contributed by atoms with van der Waals surface area (Å²) < 4.78 is 5.82. The summed E-state index contributed by atoms with van der Waals surface area (Å²) >= 11 is 6.15. The molecule has 0 unspecified atom stereocenters. The van der Waals surface area contributed by atoms with Crippen molar-refractivity contribution in [3.63, 3.8) is 0 Å². The molecule has 0 aliphatic heterocycles. The molecule has 0 bridgehead atoms. The van der Waals surface area contributed by atoms with Gasteiger partial charge in [0.25, 0.3) is 0 Å². The first kappa shape index (κ1) is 14.7. The van der Waals surface area contributed by atoms with Crippen molar-refractivity contribution in [2.24, 2.45) is 5.92 Å². The van der Waals surface area contributed by atoms with Crippen LogP contribution >= 0.6 is 11.6 Å². The molecule has 106 valence electrons. The molecule has 1 fully saturated rings. The Morgan fingerprint density at radius 3 is 2.47 bits per heavy atom. The van der Waals surface area contributed by atoms with Crippen molar-refractivity contribution in [1.82, 2.24) is 9.97 Å². The summed E-state index contributed by atoms with van der Waals surface area (Å²) in [4.78, 5) is 9.14. The first-order valence-corrected chi connectivity index (χ1v) is 7.45. The highest BCUT2D eigenvalue weighted by Gasteiger charge is 2.39. The highest BCUT2D eigenvalue weighted by Crippen LogP contribution is 2.41. The lowest BCUT2D eigenvalue weighted by atomic mass is 9.79. The molecule has 1 aromatic rings. The number of rotatable bonds is 3. The smallest absolute Gasteiger partial charge is 0.162 e. The topological polar surface area (TPSA) is 35.0 Å². The Morgan fingerprint density at radius 2 is 1.95 bits per heavy atom. The summed E-state index contributed by atoms with van der Waals surface area (Å²) in [6.07, 6.45) is 4.26. The lowest BCUT2D eigenvalue weighted by Gasteiger charge is -2.37. The maximum absolute atomic E-state index is 6.15. The van der Waals surface area contributed by atoms with E-state index in [2.05, 4.69) is 25.8 Å². The van der Waals surface area contributed by atoms with E-state index in [-0.39, 0.29) is 5.60 Å². The minimum absolute atomic E-state index is 0.343. The molecule has 2 rings (SSSR count). The molecule has 0 saturated heterocycles. The molecule has 1 heterocycles. The summed E-state index contributed by atoms with van der Waals surface area (Å²) in [6.45, 7) is 6.52. The first-order valence-electron chi connectivity index (χ1n) is 7.07. The average molecular weight is 283 g/mol. The van der Waals surface area contributed by atoms with Gasteiger partial charge in [0.1, 0.15) is 10.8 Å². The number of hydrogen-bond acceptors (Lipinski definition) is 3. The Balaban J connectivity index is 2.38. The molecular formula is C15H23ClN2O. The lowest BCUT2D eigenvalue weighted by molar-refractivity contribution is -0.0599. The summed E-state index contributed by atoms with van der Waals surface area (Å²) in [5, 5.41) is 0.517. The van der Waals surface area contributed by atoms with Gasteiger partial charge in [0.05, 0.1) is 0 Å². The fourth-order valence-corrected chi connectivity index (χ4v) is 2.87. The third-order valence-corrected chi connectivity index (χ3v) is 4.38. The summed E-state index contributed by atoms with van der Waals surface area (Å²) in [7, 11) is 1.76. The number of ether oxygens (including phenoxy) is 1. The van der Waals surface area contributed by atoms with Crippen LogP contribution in [0.25, 0.3) is 0 Å². The van der Waals surface area contributed by atoms with Crippen LogP contribution in [0.15, 0.2) is 6.07 Å². The van der Waals surface area contributed by atoms with Crippen LogP contribution in [0, 0.1) is 5.92 Å². The van der Waals surface area contributed by atoms with Gasteiger partial charge in [-0.05, 0) is 43.6 Å². The van der Waals surface area contributed by atoms with Crippen LogP contribution in [0.3, 0.4) is 0 Å². The molecule has 1 aliphatic carbocycles. The van der Waals surface area contributed by atoms with E-state index in [9.17, 15) is 0 Å². The van der Waals surface area contributed by atoms with Crippen LogP contribution in [0.1, 0.15) is 63.9 Å². The third kappa shape index (κ3) is 3.09. The van der Waals surface area contributed by atoms with Crippen LogP contribution < -0.4 is 0 Å². The van der Waals surface area contributed by atoms with Crippen molar-refractivity contribution in [3.8, 4) is 0 Å². The van der Waals surface area contributed by atoms with E-state index in [0.717, 1.165) is 43.1 Å². The maximum Gasteiger partial charge on any atom is 0.162 e. The van der Waals surface area contributed by atoms with Crippen molar-refractivity contribution >= 4 is 11.6 Å². The highest BCUT2D eigenvalue weighted by atomic mass is 35.5. The Morgan fingerprint density at radius 1 is 1.32 bits per heavy atom. The fourth-order valence-electron chi connectivity index (χ4n) is 2.68. The number of hydrogen-bond donors (Lipinski definition) is 0. The number of methoxy groups -OCH3 is 1. The van der Waals surface area contributed by atoms with Gasteiger partial charge in [0.15, 0.2) is 5.82 Å². The molecule has 0 aromatic carbocycles. The van der Waals surface area contributed by atoms with E-state index in [1.165, 1.54) is 0 Å². The molecule has 0 atom stereocenters. The Kier molecular flexibility index (Phi) is 4.46. The van der Waals surface area contributed by atoms with E-state index in [1.807, 2.05) is 6.07 Å². The summed E-state index contributed by atoms with van der Waals surface area (Å²) in [6, 6.07) is 1.85. The quantitative estimate of drug-likeness (QED) is 0.775. The predicted molar refractivity (Wildman–Crippen MR) is 77.5 cm³/mol. The average Bonchev–Trinajstić information content (AvgIpc) is 2.39. The van der Waals surface area contributed by atoms with Gasteiger partial charge >= 0.3 is 0 Å². The molecule has 0 radical (unpaired) electrons. The van der Waals surface area contributed by atoms with Gasteiger partial charge in [0.2, 0.25) is 0 Å². The molecule has 4 heteroatoms. The van der Waals surface area contributed by atoms with Crippen LogP contribution in [0.2, 0.25) is 5.15 Å². The normalized spacial score (nSPS) is 27.8. The number of nitrogens with zero attached hydrogens (tertiary/aromatic N) is 2. The molecular weight excluding hydrogens is 260 g/mol. The zero-order chi connectivity index (χ0) is 14.0. The van der Waals surface area contributed by atoms with E-state index in [1.54, 1.807) is 7.11 Å². The van der Waals surface area contributed by atoms with Crippen LogP contribution in [-0.2, 0) is 10.3 Å². The zero-order valence-corrected chi connectivity index (χ0v) is 13.0. The second-order valence-electron chi connectivity index (χ2n) is 5.97. The number of halogens is 1. The van der Waals surface area contributed by atoms with Gasteiger partial charge in [0, 0.05) is 12.8 Å². The Labute approximate surface area is 120 Å². The third-order valence-electron chi connectivity index (χ3n) is 4.19. The van der Waals surface area contributed by atoms with E-state index < -0.39 is 0 Å². The van der Waals surface area contributed by atoms with Gasteiger partial charge in [-0.1, -0.05) is 32.4 Å². The van der Waals surface area contributed by atoms with E-state index in [4.69, 9.17) is 21.3 Å². The van der Waals surface area contributed by atoms with Gasteiger partial charge < -0.3 is 4.74 Å². The number of aromatic nitrogens is 2. The fraction of sp³-hybridized carbons (Fsp3) is 0.733. The van der Waals surface area contributed by atoms with Crippen LogP contribution in [-0.4, -0.2) is 17.1 Å². The van der Waals surface area contributed by atoms with Crippen LogP contribution in [0.5, 0.6) is 0 Å². The Bertz CT molecular complexity index is 440. The summed E-state index contributed by atoms with van der Waals surface area (Å²) in [5.74, 6) is 1.86. The van der Waals surface area contributed by atoms with Gasteiger partial charge in [-0.15, -0.1) is 0 Å². The molecule has 1 aliphatic rings. The minimum Gasteiger partial charge on any atom is -0.370 e. The van der Waals surface area contributed by atoms with Crippen LogP contribution in [0.4, 0.5) is 0 Å². The van der Waals surface area contributed by atoms with E-state index >= 15 is 0 Å². The molecule has 1 saturated carbocycles. The van der Waals surface area contributed by atoms with Gasteiger partial charge in [-0.3, -0.25) is 0 Å². The van der Waals surface area contributed by atoms with Gasteiger partial charge in [-0.2, -0.15) is 0 Å². The monoisotopic (exact) mass is 282 g/mol. The minimum atomic E-state index is -0.346. The SMILES string of the molecule is COC1(c2nc(Cl)cc(C(C)C)n2)CCC(C)CC1. The molecule has 0 N–H and O–H groups in total. The van der Waals surface area contributed by atoms with Crippen molar-refractivity contribution in [1.29, 1.82) is 0 Å². The van der Waals surface area contributed by atoms with E-state index in [0.29, 0.717) is 11.1 Å². The van der Waals surface area contributed by atoms with Crippen molar-refractivity contribution < 1.29 is 4.74 Å². The Hall–Kier alpha value is -0.670. The standard InChI is InChI=1S/C15H23ClN2O/c1-10(2)12-9-13(16)18-14(17-12)15(19-4)7-5-11(3)6-8-15/h9-11H,5-8H2,1-4H3. The zero-order valence-electron chi connectivity index (χ0n) is 12.2. The molecule has 1 aromatic heterocycles. The highest BCUT2D eigenvalue weighted by molar-refractivity contribution is 6.29. The predicted octanol–water partition coefficient (Wildman–Crippen LogP) is 4.31. The molecule has 3 nitrogen and oxygen atoms in total. The van der Waals surface area contributed by atoms with Gasteiger partial charge in [-0.25, -0.2) is 9.97 Å². The maximum atomic E-state index is 6.15. The lowest BCUT2D eigenvalue weighted by Crippen LogP contribution is -2.35. The van der Waals surface area contributed by atoms with Crippen molar-refractivity contribution in [2.45, 2.75) is 58.0 Å². The summed E-state index contributed by atoms with van der Waals surface area (Å²) in [5.41, 5.74) is 0.645. The second kappa shape index (κ2) is 5.76.